The van der Waals surface area contributed by atoms with Crippen LogP contribution in [-0.4, -0.2) is 15.5 Å². The molecule has 0 radical (unpaired) electrons. The van der Waals surface area contributed by atoms with Gasteiger partial charge in [-0.2, -0.15) is 0 Å². The summed E-state index contributed by atoms with van der Waals surface area (Å²) in [5, 5.41) is 0. The molecule has 0 aliphatic rings. The number of nitrogens with one attached hydrogen (secondary N) is 1. The monoisotopic (exact) mass is 305 g/mol. The van der Waals surface area contributed by atoms with Crippen molar-refractivity contribution in [3.63, 3.8) is 0 Å². The quantitative estimate of drug-likeness (QED) is 0.924. The Kier molecular flexibility index (Phi) is 4.65. The third-order valence-electron chi connectivity index (χ3n) is 3.22. The summed E-state index contributed by atoms with van der Waals surface area (Å²) in [5.41, 5.74) is 2.63. The minimum absolute atomic E-state index is 0.229. The molecule has 4 nitrogen and oxygen atoms in total. The number of aryl methyl sites for hydroxylation is 2. The third kappa shape index (κ3) is 3.83. The van der Waals surface area contributed by atoms with Crippen LogP contribution in [0.1, 0.15) is 16.7 Å². The third-order valence-corrected chi connectivity index (χ3v) is 4.78. The first-order chi connectivity index (χ1) is 9.92. The highest BCUT2D eigenvalue weighted by atomic mass is 32.2. The molecule has 2 aromatic rings. The predicted molar refractivity (Wildman–Crippen MR) is 82.9 cm³/mol. The van der Waals surface area contributed by atoms with Crippen molar-refractivity contribution in [1.29, 1.82) is 0 Å². The van der Waals surface area contributed by atoms with Crippen molar-refractivity contribution < 1.29 is 13.2 Å². The zero-order valence-electron chi connectivity index (χ0n) is 12.4. The number of ether oxygens (including phenoxy) is 1. The van der Waals surface area contributed by atoms with Crippen LogP contribution in [0.4, 0.5) is 0 Å². The molecule has 0 amide bonds. The van der Waals surface area contributed by atoms with Crippen LogP contribution in [0.3, 0.4) is 0 Å². The lowest BCUT2D eigenvalue weighted by Gasteiger charge is -2.10. The van der Waals surface area contributed by atoms with E-state index in [1.165, 1.54) is 0 Å². The molecule has 0 aliphatic carbocycles. The first-order valence-electron chi connectivity index (χ1n) is 6.62. The van der Waals surface area contributed by atoms with Gasteiger partial charge in [0.05, 0.1) is 12.0 Å². The highest BCUT2D eigenvalue weighted by Gasteiger charge is 2.16. The summed E-state index contributed by atoms with van der Waals surface area (Å²) < 4.78 is 32.4. The molecule has 0 saturated heterocycles. The molecule has 0 heterocycles. The van der Waals surface area contributed by atoms with Crippen molar-refractivity contribution in [1.82, 2.24) is 4.72 Å². The Morgan fingerprint density at radius 2 is 1.86 bits per heavy atom. The Hall–Kier alpha value is -1.85. The van der Waals surface area contributed by atoms with Gasteiger partial charge in [-0.1, -0.05) is 29.8 Å². The molecule has 5 heteroatoms. The molecule has 0 bridgehead atoms. The van der Waals surface area contributed by atoms with E-state index in [1.54, 1.807) is 26.2 Å². The maximum atomic E-state index is 12.3. The molecule has 112 valence electrons. The van der Waals surface area contributed by atoms with Gasteiger partial charge in [0.2, 0.25) is 10.0 Å². The van der Waals surface area contributed by atoms with E-state index in [-0.39, 0.29) is 6.54 Å². The SMILES string of the molecule is COc1cccc(CNS(=O)(=O)c2ccc(C)cc2C)c1. The van der Waals surface area contributed by atoms with Gasteiger partial charge >= 0.3 is 0 Å². The molecule has 1 N–H and O–H groups in total. The Labute approximate surface area is 125 Å². The van der Waals surface area contributed by atoms with E-state index in [0.717, 1.165) is 16.7 Å². The highest BCUT2D eigenvalue weighted by molar-refractivity contribution is 7.89. The van der Waals surface area contributed by atoms with E-state index in [9.17, 15) is 8.42 Å². The van der Waals surface area contributed by atoms with Crippen LogP contribution in [0.2, 0.25) is 0 Å². The first kappa shape index (κ1) is 15.5. The van der Waals surface area contributed by atoms with Gasteiger partial charge in [-0.15, -0.1) is 0 Å². The summed E-state index contributed by atoms with van der Waals surface area (Å²) >= 11 is 0. The molecule has 0 aliphatic heterocycles. The summed E-state index contributed by atoms with van der Waals surface area (Å²) in [7, 11) is -1.93. The summed E-state index contributed by atoms with van der Waals surface area (Å²) in [6.07, 6.45) is 0. The van der Waals surface area contributed by atoms with E-state index < -0.39 is 10.0 Å². The van der Waals surface area contributed by atoms with Crippen LogP contribution in [0.15, 0.2) is 47.4 Å². The molecule has 0 fully saturated rings. The maximum absolute atomic E-state index is 12.3. The number of benzene rings is 2. The standard InChI is InChI=1S/C16H19NO3S/c1-12-7-8-16(13(2)9-12)21(18,19)17-11-14-5-4-6-15(10-14)20-3/h4-10,17H,11H2,1-3H3. The Balaban J connectivity index is 2.17. The van der Waals surface area contributed by atoms with E-state index in [1.807, 2.05) is 37.3 Å². The van der Waals surface area contributed by atoms with Crippen molar-refractivity contribution in [3.8, 4) is 5.75 Å². The van der Waals surface area contributed by atoms with Gasteiger partial charge in [0.25, 0.3) is 0 Å². The van der Waals surface area contributed by atoms with Crippen LogP contribution < -0.4 is 9.46 Å². The van der Waals surface area contributed by atoms with Gasteiger partial charge in [0.15, 0.2) is 0 Å². The van der Waals surface area contributed by atoms with Gasteiger partial charge < -0.3 is 4.74 Å². The molecule has 2 aromatic carbocycles. The van der Waals surface area contributed by atoms with Crippen LogP contribution >= 0.6 is 0 Å². The zero-order chi connectivity index (χ0) is 15.5. The van der Waals surface area contributed by atoms with Crippen LogP contribution in [-0.2, 0) is 16.6 Å². The van der Waals surface area contributed by atoms with Crippen molar-refractivity contribution in [2.75, 3.05) is 7.11 Å². The molecular formula is C16H19NO3S. The molecule has 0 atom stereocenters. The van der Waals surface area contributed by atoms with Gasteiger partial charge in [0.1, 0.15) is 5.75 Å². The Bertz CT molecular complexity index is 739. The fourth-order valence-electron chi connectivity index (χ4n) is 2.14. The second kappa shape index (κ2) is 6.28. The van der Waals surface area contributed by atoms with Crippen molar-refractivity contribution in [3.05, 3.63) is 59.2 Å². The topological polar surface area (TPSA) is 55.4 Å². The average Bonchev–Trinajstić information content (AvgIpc) is 2.45. The fourth-order valence-corrected chi connectivity index (χ4v) is 3.38. The molecule has 2 rings (SSSR count). The molecule has 21 heavy (non-hydrogen) atoms. The van der Waals surface area contributed by atoms with Crippen LogP contribution in [0.5, 0.6) is 5.75 Å². The van der Waals surface area contributed by atoms with E-state index in [4.69, 9.17) is 4.74 Å². The van der Waals surface area contributed by atoms with E-state index in [0.29, 0.717) is 10.6 Å². The number of hydrogen-bond donors (Lipinski definition) is 1. The molecule has 0 unspecified atom stereocenters. The average molecular weight is 305 g/mol. The van der Waals surface area contributed by atoms with Crippen molar-refractivity contribution >= 4 is 10.0 Å². The minimum Gasteiger partial charge on any atom is -0.497 e. The van der Waals surface area contributed by atoms with Crippen molar-refractivity contribution in [2.24, 2.45) is 0 Å². The highest BCUT2D eigenvalue weighted by Crippen LogP contribution is 2.17. The summed E-state index contributed by atoms with van der Waals surface area (Å²) in [5.74, 6) is 0.707. The fraction of sp³-hybridized carbons (Fsp3) is 0.250. The zero-order valence-corrected chi connectivity index (χ0v) is 13.2. The van der Waals surface area contributed by atoms with Crippen molar-refractivity contribution in [2.45, 2.75) is 25.3 Å². The van der Waals surface area contributed by atoms with Crippen LogP contribution in [0, 0.1) is 13.8 Å². The summed E-state index contributed by atoms with van der Waals surface area (Å²) in [6.45, 7) is 3.97. The Morgan fingerprint density at radius 1 is 1.10 bits per heavy atom. The number of hydrogen-bond acceptors (Lipinski definition) is 3. The molecule has 0 saturated carbocycles. The minimum atomic E-state index is -3.52. The smallest absolute Gasteiger partial charge is 0.241 e. The lowest BCUT2D eigenvalue weighted by atomic mass is 10.2. The van der Waals surface area contributed by atoms with Crippen LogP contribution in [0.25, 0.3) is 0 Å². The normalized spacial score (nSPS) is 11.4. The first-order valence-corrected chi connectivity index (χ1v) is 8.10. The summed E-state index contributed by atoms with van der Waals surface area (Å²) in [6, 6.07) is 12.6. The van der Waals surface area contributed by atoms with Gasteiger partial charge in [-0.05, 0) is 43.2 Å². The van der Waals surface area contributed by atoms with E-state index >= 15 is 0 Å². The van der Waals surface area contributed by atoms with Gasteiger partial charge in [0, 0.05) is 6.54 Å². The van der Waals surface area contributed by atoms with Gasteiger partial charge in [-0.25, -0.2) is 13.1 Å². The summed E-state index contributed by atoms with van der Waals surface area (Å²) in [4.78, 5) is 0.316. The molecule has 0 aromatic heterocycles. The lowest BCUT2D eigenvalue weighted by Crippen LogP contribution is -2.24. The molecular weight excluding hydrogens is 286 g/mol. The van der Waals surface area contributed by atoms with E-state index in [2.05, 4.69) is 4.72 Å². The number of methoxy groups -OCH3 is 1. The van der Waals surface area contributed by atoms with Gasteiger partial charge in [-0.3, -0.25) is 0 Å². The molecule has 0 spiro atoms. The number of rotatable bonds is 5. The second-order valence-electron chi connectivity index (χ2n) is 4.95. The lowest BCUT2D eigenvalue weighted by molar-refractivity contribution is 0.414. The Morgan fingerprint density at radius 3 is 2.52 bits per heavy atom. The maximum Gasteiger partial charge on any atom is 0.241 e. The predicted octanol–water partition coefficient (Wildman–Crippen LogP) is 2.79. The largest absolute Gasteiger partial charge is 0.497 e. The second-order valence-corrected chi connectivity index (χ2v) is 6.68. The number of sulfonamides is 1.